The molecule has 102 valence electrons. The fourth-order valence-corrected chi connectivity index (χ4v) is 2.23. The van der Waals surface area contributed by atoms with Crippen LogP contribution in [-0.4, -0.2) is 24.5 Å². The zero-order valence-electron chi connectivity index (χ0n) is 12.1. The number of benzene rings is 1. The van der Waals surface area contributed by atoms with Crippen molar-refractivity contribution < 1.29 is 0 Å². The largest absolute Gasteiger partial charge is 0.329 e. The Morgan fingerprint density at radius 2 is 1.72 bits per heavy atom. The molecule has 0 heterocycles. The Hall–Kier alpha value is -0.570. The standard InChI is InChI=1S/C15H25ClN2/c1-11(15(2,3)4)18(5)14(10-17)12-6-8-13(16)9-7-12/h6-9,11,14H,10,17H2,1-5H3. The van der Waals surface area contributed by atoms with E-state index in [0.717, 1.165) is 5.02 Å². The van der Waals surface area contributed by atoms with Gasteiger partial charge in [0, 0.05) is 23.7 Å². The number of likely N-dealkylation sites (N-methyl/N-ethyl adjacent to an activating group) is 1. The van der Waals surface area contributed by atoms with Crippen LogP contribution in [0.3, 0.4) is 0 Å². The van der Waals surface area contributed by atoms with Crippen molar-refractivity contribution >= 4 is 11.6 Å². The molecule has 0 aliphatic heterocycles. The van der Waals surface area contributed by atoms with E-state index in [1.807, 2.05) is 12.1 Å². The molecule has 1 aromatic carbocycles. The van der Waals surface area contributed by atoms with Crippen LogP contribution < -0.4 is 5.73 Å². The zero-order valence-corrected chi connectivity index (χ0v) is 12.8. The lowest BCUT2D eigenvalue weighted by Crippen LogP contribution is -2.43. The lowest BCUT2D eigenvalue weighted by Gasteiger charge is -2.40. The molecule has 18 heavy (non-hydrogen) atoms. The minimum absolute atomic E-state index is 0.231. The van der Waals surface area contributed by atoms with Gasteiger partial charge in [0.05, 0.1) is 0 Å². The molecule has 3 heteroatoms. The van der Waals surface area contributed by atoms with E-state index in [0.29, 0.717) is 12.6 Å². The summed E-state index contributed by atoms with van der Waals surface area (Å²) in [5, 5.41) is 0.765. The maximum absolute atomic E-state index is 5.95. The monoisotopic (exact) mass is 268 g/mol. The van der Waals surface area contributed by atoms with Crippen LogP contribution in [0.25, 0.3) is 0 Å². The lowest BCUT2D eigenvalue weighted by molar-refractivity contribution is 0.100. The summed E-state index contributed by atoms with van der Waals surface area (Å²) in [4.78, 5) is 2.35. The molecule has 0 saturated heterocycles. The molecule has 0 aliphatic rings. The van der Waals surface area contributed by atoms with E-state index in [1.165, 1.54) is 5.56 Å². The third kappa shape index (κ3) is 3.71. The molecule has 0 bridgehead atoms. The molecule has 1 rings (SSSR count). The zero-order chi connectivity index (χ0) is 13.9. The van der Waals surface area contributed by atoms with E-state index in [4.69, 9.17) is 17.3 Å². The van der Waals surface area contributed by atoms with E-state index in [-0.39, 0.29) is 11.5 Å². The van der Waals surface area contributed by atoms with E-state index in [2.05, 4.69) is 51.8 Å². The van der Waals surface area contributed by atoms with Crippen molar-refractivity contribution in [1.82, 2.24) is 4.90 Å². The lowest BCUT2D eigenvalue weighted by atomic mass is 9.86. The predicted molar refractivity (Wildman–Crippen MR) is 79.9 cm³/mol. The quantitative estimate of drug-likeness (QED) is 0.902. The van der Waals surface area contributed by atoms with Gasteiger partial charge >= 0.3 is 0 Å². The highest BCUT2D eigenvalue weighted by atomic mass is 35.5. The van der Waals surface area contributed by atoms with E-state index >= 15 is 0 Å². The summed E-state index contributed by atoms with van der Waals surface area (Å²) >= 11 is 5.93. The molecular formula is C15H25ClN2. The average molecular weight is 269 g/mol. The van der Waals surface area contributed by atoms with Crippen LogP contribution in [0.4, 0.5) is 0 Å². The van der Waals surface area contributed by atoms with Crippen LogP contribution in [0.15, 0.2) is 24.3 Å². The van der Waals surface area contributed by atoms with Crippen LogP contribution in [0.1, 0.15) is 39.3 Å². The van der Waals surface area contributed by atoms with Gasteiger partial charge in [0.15, 0.2) is 0 Å². The number of halogens is 1. The summed E-state index contributed by atoms with van der Waals surface area (Å²) < 4.78 is 0. The highest BCUT2D eigenvalue weighted by molar-refractivity contribution is 6.30. The van der Waals surface area contributed by atoms with E-state index in [1.54, 1.807) is 0 Å². The van der Waals surface area contributed by atoms with Crippen molar-refractivity contribution in [2.75, 3.05) is 13.6 Å². The van der Waals surface area contributed by atoms with Crippen molar-refractivity contribution in [2.45, 2.75) is 39.8 Å². The van der Waals surface area contributed by atoms with Gasteiger partial charge in [-0.25, -0.2) is 0 Å². The van der Waals surface area contributed by atoms with Crippen molar-refractivity contribution in [1.29, 1.82) is 0 Å². The van der Waals surface area contributed by atoms with Gasteiger partial charge in [0.2, 0.25) is 0 Å². The Bertz CT molecular complexity index is 367. The molecule has 2 unspecified atom stereocenters. The average Bonchev–Trinajstić information content (AvgIpc) is 2.30. The first-order valence-electron chi connectivity index (χ1n) is 6.45. The molecular weight excluding hydrogens is 244 g/mol. The van der Waals surface area contributed by atoms with Crippen molar-refractivity contribution in [3.63, 3.8) is 0 Å². The SMILES string of the molecule is CC(N(C)C(CN)c1ccc(Cl)cc1)C(C)(C)C. The van der Waals surface area contributed by atoms with Gasteiger partial charge in [-0.1, -0.05) is 44.5 Å². The minimum Gasteiger partial charge on any atom is -0.329 e. The molecule has 1 aromatic rings. The maximum Gasteiger partial charge on any atom is 0.0470 e. The third-order valence-corrected chi connectivity index (χ3v) is 4.09. The third-order valence-electron chi connectivity index (χ3n) is 3.83. The molecule has 0 fully saturated rings. The highest BCUT2D eigenvalue weighted by Crippen LogP contribution is 2.29. The number of hydrogen-bond donors (Lipinski definition) is 1. The Kier molecular flexibility index (Phi) is 5.20. The minimum atomic E-state index is 0.231. The molecule has 0 aliphatic carbocycles. The summed E-state index contributed by atoms with van der Waals surface area (Å²) in [6.45, 7) is 9.62. The van der Waals surface area contributed by atoms with Crippen LogP contribution in [0.2, 0.25) is 5.02 Å². The number of nitrogens with zero attached hydrogens (tertiary/aromatic N) is 1. The second-order valence-electron chi connectivity index (χ2n) is 6.01. The molecule has 0 amide bonds. The first-order chi connectivity index (χ1) is 8.27. The summed E-state index contributed by atoms with van der Waals surface area (Å²) in [6.07, 6.45) is 0. The molecule has 0 aromatic heterocycles. The molecule has 0 spiro atoms. The first kappa shape index (κ1) is 15.5. The van der Waals surface area contributed by atoms with Gasteiger partial charge in [0.25, 0.3) is 0 Å². The molecule has 0 saturated carbocycles. The first-order valence-corrected chi connectivity index (χ1v) is 6.82. The summed E-state index contributed by atoms with van der Waals surface area (Å²) in [5.74, 6) is 0. The van der Waals surface area contributed by atoms with Crippen LogP contribution >= 0.6 is 11.6 Å². The van der Waals surface area contributed by atoms with Gasteiger partial charge < -0.3 is 5.73 Å². The van der Waals surface area contributed by atoms with Gasteiger partial charge in [-0.3, -0.25) is 4.90 Å². The molecule has 0 radical (unpaired) electrons. The summed E-state index contributed by atoms with van der Waals surface area (Å²) in [7, 11) is 2.14. The number of rotatable bonds is 4. The van der Waals surface area contributed by atoms with E-state index in [9.17, 15) is 0 Å². The summed E-state index contributed by atoms with van der Waals surface area (Å²) in [6, 6.07) is 8.65. The van der Waals surface area contributed by atoms with Gasteiger partial charge in [-0.15, -0.1) is 0 Å². The molecule has 2 atom stereocenters. The van der Waals surface area contributed by atoms with Gasteiger partial charge in [-0.2, -0.15) is 0 Å². The topological polar surface area (TPSA) is 29.3 Å². The predicted octanol–water partition coefficient (Wildman–Crippen LogP) is 3.71. The highest BCUT2D eigenvalue weighted by Gasteiger charge is 2.28. The van der Waals surface area contributed by atoms with Crippen LogP contribution in [0.5, 0.6) is 0 Å². The van der Waals surface area contributed by atoms with Crippen LogP contribution in [-0.2, 0) is 0 Å². The molecule has 2 N–H and O–H groups in total. The smallest absolute Gasteiger partial charge is 0.0470 e. The maximum atomic E-state index is 5.95. The Morgan fingerprint density at radius 3 is 2.11 bits per heavy atom. The van der Waals surface area contributed by atoms with Gasteiger partial charge in [-0.05, 0) is 37.1 Å². The van der Waals surface area contributed by atoms with Gasteiger partial charge in [0.1, 0.15) is 0 Å². The molecule has 2 nitrogen and oxygen atoms in total. The normalized spacial score (nSPS) is 15.8. The number of hydrogen-bond acceptors (Lipinski definition) is 2. The van der Waals surface area contributed by atoms with Crippen molar-refractivity contribution in [3.8, 4) is 0 Å². The second-order valence-corrected chi connectivity index (χ2v) is 6.45. The van der Waals surface area contributed by atoms with Crippen molar-refractivity contribution in [3.05, 3.63) is 34.9 Å². The Morgan fingerprint density at radius 1 is 1.22 bits per heavy atom. The number of nitrogens with two attached hydrogens (primary N) is 1. The fraction of sp³-hybridized carbons (Fsp3) is 0.600. The second kappa shape index (κ2) is 6.05. The summed E-state index contributed by atoms with van der Waals surface area (Å²) in [5.41, 5.74) is 7.40. The Balaban J connectivity index is 2.93. The van der Waals surface area contributed by atoms with Crippen LogP contribution in [0, 0.1) is 5.41 Å². The Labute approximate surface area is 116 Å². The van der Waals surface area contributed by atoms with Crippen molar-refractivity contribution in [2.24, 2.45) is 11.1 Å². The van der Waals surface area contributed by atoms with E-state index < -0.39 is 0 Å². The fourth-order valence-electron chi connectivity index (χ4n) is 2.10.